The second kappa shape index (κ2) is 11.5. The van der Waals surface area contributed by atoms with Gasteiger partial charge in [0.25, 0.3) is 0 Å². The van der Waals surface area contributed by atoms with E-state index < -0.39 is 5.97 Å². The Bertz CT molecular complexity index is 1090. The minimum Gasteiger partial charge on any atom is -0.481 e. The first kappa shape index (κ1) is 26.2. The number of quaternary nitrogens is 1. The van der Waals surface area contributed by atoms with Crippen molar-refractivity contribution in [3.05, 3.63) is 59.2 Å². The Morgan fingerprint density at radius 3 is 2.05 bits per heavy atom. The second-order valence-corrected chi connectivity index (χ2v) is 12.4. The molecular formula is C33H44NO3+. The molecular weight excluding hydrogens is 458 g/mol. The number of rotatable bonds is 6. The molecule has 0 radical (unpaired) electrons. The van der Waals surface area contributed by atoms with Crippen LogP contribution in [0.2, 0.25) is 0 Å². The number of fused-ring (bicyclic) bond motifs is 1. The topological polar surface area (TPSA) is 54.4 Å². The average Bonchev–Trinajstić information content (AvgIpc) is 3.11. The van der Waals surface area contributed by atoms with Crippen LogP contribution >= 0.6 is 0 Å². The first-order valence-electron chi connectivity index (χ1n) is 14.7. The monoisotopic (exact) mass is 502 g/mol. The van der Waals surface area contributed by atoms with Crippen molar-refractivity contribution in [3.63, 3.8) is 0 Å². The fourth-order valence-corrected chi connectivity index (χ4v) is 7.17. The molecule has 198 valence electrons. The van der Waals surface area contributed by atoms with Gasteiger partial charge in [-0.25, -0.2) is 4.79 Å². The minimum absolute atomic E-state index is 0.319. The number of carbonyl (C=O) groups is 2. The van der Waals surface area contributed by atoms with Crippen LogP contribution in [0, 0.1) is 11.8 Å². The number of carboxylic acids is 1. The number of aliphatic carboxylic acids is 1. The van der Waals surface area contributed by atoms with Crippen molar-refractivity contribution < 1.29 is 19.2 Å². The molecule has 1 aliphatic heterocycles. The summed E-state index contributed by atoms with van der Waals surface area (Å²) in [5, 5.41) is 9.07. The summed E-state index contributed by atoms with van der Waals surface area (Å²) in [5.74, 6) is 1.21. The van der Waals surface area contributed by atoms with Gasteiger partial charge in [0.15, 0.2) is 0 Å². The van der Waals surface area contributed by atoms with Crippen LogP contribution < -0.4 is 0 Å². The maximum absolute atomic E-state index is 13.2. The predicted octanol–water partition coefficient (Wildman–Crippen LogP) is 7.14. The Hall–Kier alpha value is -2.46. The average molecular weight is 503 g/mol. The third-order valence-electron chi connectivity index (χ3n) is 9.74. The van der Waals surface area contributed by atoms with Crippen LogP contribution in [0.4, 0.5) is 0 Å². The molecule has 2 aromatic carbocycles. The molecule has 1 heterocycles. The number of carboxylic acid groups (broad SMARTS) is 1. The van der Waals surface area contributed by atoms with Gasteiger partial charge in [-0.1, -0.05) is 42.5 Å². The Kier molecular flexibility index (Phi) is 8.14. The Morgan fingerprint density at radius 2 is 1.38 bits per heavy atom. The van der Waals surface area contributed by atoms with Crippen LogP contribution in [0.25, 0.3) is 11.1 Å². The van der Waals surface area contributed by atoms with Crippen molar-refractivity contribution in [2.45, 2.75) is 89.4 Å². The maximum Gasteiger partial charge on any atom is 0.313 e. The van der Waals surface area contributed by atoms with Gasteiger partial charge in [-0.2, -0.15) is 0 Å². The quantitative estimate of drug-likeness (QED) is 0.337. The van der Waals surface area contributed by atoms with Gasteiger partial charge in [-0.3, -0.25) is 9.28 Å². The molecule has 0 spiro atoms. The van der Waals surface area contributed by atoms with Crippen LogP contribution in [-0.4, -0.2) is 41.6 Å². The molecule has 4 heteroatoms. The molecule has 0 bridgehead atoms. The largest absolute Gasteiger partial charge is 0.481 e. The summed E-state index contributed by atoms with van der Waals surface area (Å²) in [4.78, 5) is 24.2. The van der Waals surface area contributed by atoms with Crippen molar-refractivity contribution in [1.29, 1.82) is 0 Å². The highest BCUT2D eigenvalue weighted by Crippen LogP contribution is 2.38. The number of benzene rings is 2. The van der Waals surface area contributed by atoms with Crippen LogP contribution in [-0.2, 0) is 22.4 Å². The molecule has 5 rings (SSSR count). The molecule has 1 saturated heterocycles. The highest BCUT2D eigenvalue weighted by Gasteiger charge is 2.35. The highest BCUT2D eigenvalue weighted by molar-refractivity contribution is 5.69. The predicted molar refractivity (Wildman–Crippen MR) is 148 cm³/mol. The van der Waals surface area contributed by atoms with Gasteiger partial charge < -0.3 is 5.11 Å². The number of nitrogens with zero attached hydrogens (tertiary/aromatic N) is 1. The van der Waals surface area contributed by atoms with E-state index in [1.165, 1.54) is 47.1 Å². The maximum atomic E-state index is 13.2. The summed E-state index contributed by atoms with van der Waals surface area (Å²) in [6.07, 6.45) is 13.4. The zero-order valence-electron chi connectivity index (χ0n) is 22.6. The molecule has 1 saturated carbocycles. The van der Waals surface area contributed by atoms with E-state index in [9.17, 15) is 9.59 Å². The molecule has 0 aromatic heterocycles. The van der Waals surface area contributed by atoms with E-state index in [1.807, 2.05) is 0 Å². The molecule has 1 amide bonds. The van der Waals surface area contributed by atoms with Crippen molar-refractivity contribution >= 4 is 11.9 Å². The zero-order valence-corrected chi connectivity index (χ0v) is 22.6. The van der Waals surface area contributed by atoms with Gasteiger partial charge >= 0.3 is 11.9 Å². The highest BCUT2D eigenvalue weighted by atomic mass is 16.4. The summed E-state index contributed by atoms with van der Waals surface area (Å²) in [6, 6.07) is 16.1. The van der Waals surface area contributed by atoms with Gasteiger partial charge in [0.1, 0.15) is 0 Å². The smallest absolute Gasteiger partial charge is 0.313 e. The standard InChI is InChI=1S/C33H43NO3/c1-34(19-3-2-4-20-34)32(35)21-24-5-11-28-17-18-31(23-30(28)12-8-24)29-15-13-27(14-16-29)26-9-6-25(7-10-26)22-33(36)37/h13-18,23-26H,2-12,19-22H2,1H3/p+1. The van der Waals surface area contributed by atoms with E-state index in [1.54, 1.807) is 0 Å². The van der Waals surface area contributed by atoms with Crippen LogP contribution in [0.15, 0.2) is 42.5 Å². The SMILES string of the molecule is C[N+]1(C(=O)CC2CCc3ccc(-c4ccc(C5CCC(CC(=O)O)CC5)cc4)cc3CC2)CCCCC1. The van der Waals surface area contributed by atoms with Gasteiger partial charge in [-0.15, -0.1) is 0 Å². The van der Waals surface area contributed by atoms with E-state index in [0.717, 1.165) is 70.9 Å². The van der Waals surface area contributed by atoms with Crippen molar-refractivity contribution in [2.75, 3.05) is 20.1 Å². The minimum atomic E-state index is -0.661. The molecule has 1 unspecified atom stereocenters. The lowest BCUT2D eigenvalue weighted by atomic mass is 9.77. The van der Waals surface area contributed by atoms with E-state index in [0.29, 0.717) is 34.6 Å². The lowest BCUT2D eigenvalue weighted by Crippen LogP contribution is -2.52. The van der Waals surface area contributed by atoms with E-state index in [2.05, 4.69) is 49.5 Å². The van der Waals surface area contributed by atoms with E-state index >= 15 is 0 Å². The number of hydrogen-bond donors (Lipinski definition) is 1. The number of piperidine rings is 1. The number of carbonyl (C=O) groups excluding carboxylic acids is 1. The van der Waals surface area contributed by atoms with Gasteiger partial charge in [0.05, 0.1) is 26.6 Å². The summed E-state index contributed by atoms with van der Waals surface area (Å²) in [6.45, 7) is 2.06. The Balaban J connectivity index is 1.19. The summed E-state index contributed by atoms with van der Waals surface area (Å²) in [5.41, 5.74) is 6.88. The number of amides is 1. The summed E-state index contributed by atoms with van der Waals surface area (Å²) >= 11 is 0. The molecule has 1 N–H and O–H groups in total. The molecule has 4 nitrogen and oxygen atoms in total. The summed E-state index contributed by atoms with van der Waals surface area (Å²) < 4.78 is 0.660. The van der Waals surface area contributed by atoms with Gasteiger partial charge in [-0.05, 0) is 116 Å². The van der Waals surface area contributed by atoms with Crippen molar-refractivity contribution in [3.8, 4) is 11.1 Å². The van der Waals surface area contributed by atoms with Crippen molar-refractivity contribution in [1.82, 2.24) is 0 Å². The second-order valence-electron chi connectivity index (χ2n) is 12.4. The number of likely N-dealkylation sites (tertiary alicyclic amines) is 1. The van der Waals surface area contributed by atoms with Crippen molar-refractivity contribution in [2.24, 2.45) is 11.8 Å². The fraction of sp³-hybridized carbons (Fsp3) is 0.576. The third kappa shape index (κ3) is 6.34. The number of aryl methyl sites for hydroxylation is 2. The lowest BCUT2D eigenvalue weighted by Gasteiger charge is -2.36. The van der Waals surface area contributed by atoms with Gasteiger partial charge in [0.2, 0.25) is 0 Å². The molecule has 3 aliphatic rings. The Morgan fingerprint density at radius 1 is 0.757 bits per heavy atom. The first-order valence-corrected chi connectivity index (χ1v) is 14.7. The molecule has 2 fully saturated rings. The molecule has 2 aliphatic carbocycles. The number of hydrogen-bond acceptors (Lipinski definition) is 2. The Labute approximate surface area is 222 Å². The van der Waals surface area contributed by atoms with E-state index in [4.69, 9.17) is 5.11 Å². The zero-order chi connectivity index (χ0) is 25.8. The van der Waals surface area contributed by atoms with Crippen LogP contribution in [0.3, 0.4) is 0 Å². The fourth-order valence-electron chi connectivity index (χ4n) is 7.17. The van der Waals surface area contributed by atoms with Crippen LogP contribution in [0.1, 0.15) is 93.2 Å². The lowest BCUT2D eigenvalue weighted by molar-refractivity contribution is -0.840. The molecule has 37 heavy (non-hydrogen) atoms. The van der Waals surface area contributed by atoms with E-state index in [-0.39, 0.29) is 0 Å². The summed E-state index contributed by atoms with van der Waals surface area (Å²) in [7, 11) is 2.16. The van der Waals surface area contributed by atoms with Gasteiger partial charge in [0, 0.05) is 6.42 Å². The third-order valence-corrected chi connectivity index (χ3v) is 9.74. The first-order chi connectivity index (χ1) is 17.9. The normalized spacial score (nSPS) is 25.6. The van der Waals surface area contributed by atoms with Crippen LogP contribution in [0.5, 0.6) is 0 Å². The molecule has 1 atom stereocenters. The molecule has 2 aromatic rings.